The van der Waals surface area contributed by atoms with Gasteiger partial charge in [0, 0.05) is 26.2 Å². The molecule has 0 amide bonds. The maximum Gasteiger partial charge on any atom is 0.338 e. The third-order valence-electron chi connectivity index (χ3n) is 6.85. The third kappa shape index (κ3) is 6.36. The molecule has 0 radical (unpaired) electrons. The largest absolute Gasteiger partial charge is 0.496 e. The zero-order valence-corrected chi connectivity index (χ0v) is 29.0. The van der Waals surface area contributed by atoms with E-state index in [1.165, 1.54) is 30.1 Å². The summed E-state index contributed by atoms with van der Waals surface area (Å²) in [4.78, 5) is 32.1. The Balaban J connectivity index is 1.60. The number of aromatic nitrogens is 1. The van der Waals surface area contributed by atoms with Gasteiger partial charge in [0.2, 0.25) is 0 Å². The van der Waals surface area contributed by atoms with Gasteiger partial charge < -0.3 is 18.9 Å². The molecule has 0 fully saturated rings. The Morgan fingerprint density at radius 3 is 2.41 bits per heavy atom. The van der Waals surface area contributed by atoms with Crippen LogP contribution in [0.25, 0.3) is 6.08 Å². The zero-order valence-electron chi connectivity index (χ0n) is 23.7. The fourth-order valence-corrected chi connectivity index (χ4v) is 7.28. The first kappa shape index (κ1) is 32.4. The van der Waals surface area contributed by atoms with Crippen LogP contribution in [-0.2, 0) is 16.1 Å². The molecule has 0 saturated carbocycles. The van der Waals surface area contributed by atoms with Gasteiger partial charge in [0.25, 0.3) is 5.56 Å². The van der Waals surface area contributed by atoms with Crippen molar-refractivity contribution in [2.75, 3.05) is 21.3 Å². The van der Waals surface area contributed by atoms with Crippen LogP contribution < -0.4 is 29.1 Å². The molecule has 0 aliphatic carbocycles. The molecule has 1 aliphatic heterocycles. The minimum Gasteiger partial charge on any atom is -0.496 e. The second-order valence-electron chi connectivity index (χ2n) is 9.52. The van der Waals surface area contributed by atoms with E-state index >= 15 is 0 Å². The van der Waals surface area contributed by atoms with Crippen molar-refractivity contribution in [2.45, 2.75) is 19.6 Å². The van der Waals surface area contributed by atoms with E-state index < -0.39 is 12.0 Å². The summed E-state index contributed by atoms with van der Waals surface area (Å²) < 4.78 is 25.0. The van der Waals surface area contributed by atoms with Gasteiger partial charge in [-0.2, -0.15) is 0 Å². The number of benzene rings is 3. The lowest BCUT2D eigenvalue weighted by atomic mass is 9.95. The van der Waals surface area contributed by atoms with Gasteiger partial charge in [-0.05, 0) is 83.6 Å². The van der Waals surface area contributed by atoms with E-state index in [9.17, 15) is 9.59 Å². The SMILES string of the molecule is COC(=O)C1=C(C)N=c2s/c(=C\c3cc(I)c(OCc4ccc(Cl)cc4Cl)c(OC)c3)c(=O)n2[C@H]1c1cc(Cl)ccc1OC. The van der Waals surface area contributed by atoms with Crippen LogP contribution in [0.4, 0.5) is 0 Å². The van der Waals surface area contributed by atoms with Crippen molar-refractivity contribution in [3.63, 3.8) is 0 Å². The van der Waals surface area contributed by atoms with Gasteiger partial charge in [0.15, 0.2) is 16.3 Å². The van der Waals surface area contributed by atoms with Crippen LogP contribution >= 0.6 is 68.7 Å². The number of allylic oxidation sites excluding steroid dienone is 1. The Hall–Kier alpha value is -3.03. The van der Waals surface area contributed by atoms with Crippen molar-refractivity contribution in [1.29, 1.82) is 0 Å². The minimum absolute atomic E-state index is 0.204. The summed E-state index contributed by atoms with van der Waals surface area (Å²) in [5, 5.41) is 1.46. The maximum atomic E-state index is 14.0. The number of hydrogen-bond donors (Lipinski definition) is 0. The second kappa shape index (κ2) is 13.5. The molecule has 0 unspecified atom stereocenters. The predicted octanol–water partition coefficient (Wildman–Crippen LogP) is 6.57. The summed E-state index contributed by atoms with van der Waals surface area (Å²) in [6, 6.07) is 13.0. The number of carbonyl (C=O) groups excluding carboxylic acids is 1. The Bertz CT molecular complexity index is 2010. The summed E-state index contributed by atoms with van der Waals surface area (Å²) in [6.45, 7) is 1.91. The standard InChI is InChI=1S/C31H24Cl3IN2O6S/c1-15-26(30(39)42-4)27(20-12-18(32)7-8-23(20)40-2)37-29(38)25(44-31(37)36-15)11-16-9-22(35)28(24(10-16)41-3)43-14-17-5-6-19(33)13-21(17)34/h5-13,27H,14H2,1-4H3/b25-11-/t27-/m0/s1. The highest BCUT2D eigenvalue weighted by Crippen LogP contribution is 2.38. The third-order valence-corrected chi connectivity index (χ3v) is 9.46. The number of carbonyl (C=O) groups is 1. The number of esters is 1. The molecule has 228 valence electrons. The molecule has 4 aromatic rings. The van der Waals surface area contributed by atoms with Crippen molar-refractivity contribution in [2.24, 2.45) is 4.99 Å². The lowest BCUT2D eigenvalue weighted by Gasteiger charge is -2.25. The maximum absolute atomic E-state index is 14.0. The van der Waals surface area contributed by atoms with Gasteiger partial charge in [0.05, 0.1) is 40.7 Å². The smallest absolute Gasteiger partial charge is 0.338 e. The number of fused-ring (bicyclic) bond motifs is 1. The summed E-state index contributed by atoms with van der Waals surface area (Å²) in [5.41, 5.74) is 2.30. The molecule has 3 aromatic carbocycles. The number of ether oxygens (including phenoxy) is 4. The number of thiazole rings is 1. The Labute approximate surface area is 285 Å². The predicted molar refractivity (Wildman–Crippen MR) is 180 cm³/mol. The summed E-state index contributed by atoms with van der Waals surface area (Å²) in [5.74, 6) is 0.859. The molecule has 0 N–H and O–H groups in total. The first-order chi connectivity index (χ1) is 21.1. The number of nitrogens with zero attached hydrogens (tertiary/aromatic N) is 2. The van der Waals surface area contributed by atoms with Crippen molar-refractivity contribution in [3.05, 3.63) is 115 Å². The minimum atomic E-state index is -0.875. The molecule has 8 nitrogen and oxygen atoms in total. The molecule has 44 heavy (non-hydrogen) atoms. The van der Waals surface area contributed by atoms with Crippen molar-refractivity contribution in [3.8, 4) is 17.2 Å². The quantitative estimate of drug-likeness (QED) is 0.149. The lowest BCUT2D eigenvalue weighted by molar-refractivity contribution is -0.136. The molecule has 2 heterocycles. The van der Waals surface area contributed by atoms with Crippen LogP contribution in [0.2, 0.25) is 15.1 Å². The fourth-order valence-electron chi connectivity index (χ4n) is 4.81. The van der Waals surface area contributed by atoms with Gasteiger partial charge in [-0.3, -0.25) is 9.36 Å². The van der Waals surface area contributed by atoms with Crippen LogP contribution in [0.15, 0.2) is 69.6 Å². The fraction of sp³-hybridized carbons (Fsp3) is 0.194. The monoisotopic (exact) mass is 784 g/mol. The summed E-state index contributed by atoms with van der Waals surface area (Å²) >= 11 is 22.1. The topological polar surface area (TPSA) is 88.4 Å². The first-order valence-electron chi connectivity index (χ1n) is 12.9. The number of rotatable bonds is 8. The van der Waals surface area contributed by atoms with Gasteiger partial charge >= 0.3 is 5.97 Å². The molecule has 13 heteroatoms. The van der Waals surface area contributed by atoms with Crippen LogP contribution in [0.1, 0.15) is 29.7 Å². The normalized spacial score (nSPS) is 14.6. The number of methoxy groups -OCH3 is 3. The van der Waals surface area contributed by atoms with E-state index in [0.717, 1.165) is 9.13 Å². The average molecular weight is 786 g/mol. The van der Waals surface area contributed by atoms with Gasteiger partial charge in [-0.15, -0.1) is 0 Å². The number of hydrogen-bond acceptors (Lipinski definition) is 8. The average Bonchev–Trinajstić information content (AvgIpc) is 3.29. The van der Waals surface area contributed by atoms with Crippen LogP contribution in [0.5, 0.6) is 17.2 Å². The van der Waals surface area contributed by atoms with Crippen molar-refractivity contribution in [1.82, 2.24) is 4.57 Å². The Morgan fingerprint density at radius 2 is 1.73 bits per heavy atom. The van der Waals surface area contributed by atoms with E-state index in [2.05, 4.69) is 27.6 Å². The molecular formula is C31H24Cl3IN2O6S. The van der Waals surface area contributed by atoms with Crippen LogP contribution in [0.3, 0.4) is 0 Å². The Morgan fingerprint density at radius 1 is 1.02 bits per heavy atom. The van der Waals surface area contributed by atoms with Crippen LogP contribution in [0, 0.1) is 3.57 Å². The highest BCUT2D eigenvalue weighted by atomic mass is 127. The summed E-state index contributed by atoms with van der Waals surface area (Å²) in [6.07, 6.45) is 1.75. The van der Waals surface area contributed by atoms with Gasteiger partial charge in [0.1, 0.15) is 18.4 Å². The molecule has 0 bridgehead atoms. The Kier molecular flexibility index (Phi) is 9.96. The van der Waals surface area contributed by atoms with Gasteiger partial charge in [-0.25, -0.2) is 9.79 Å². The van der Waals surface area contributed by atoms with E-state index in [1.54, 1.807) is 62.6 Å². The molecular weight excluding hydrogens is 762 g/mol. The van der Waals surface area contributed by atoms with Crippen molar-refractivity contribution >= 4 is 80.8 Å². The molecule has 0 saturated heterocycles. The molecule has 5 rings (SSSR count). The van der Waals surface area contributed by atoms with E-state index in [4.69, 9.17) is 53.8 Å². The van der Waals surface area contributed by atoms with Crippen molar-refractivity contribution < 1.29 is 23.7 Å². The summed E-state index contributed by atoms with van der Waals surface area (Å²) in [7, 11) is 4.34. The highest BCUT2D eigenvalue weighted by Gasteiger charge is 2.35. The van der Waals surface area contributed by atoms with Crippen LogP contribution in [-0.4, -0.2) is 31.9 Å². The number of halogens is 4. The molecule has 1 aliphatic rings. The highest BCUT2D eigenvalue weighted by molar-refractivity contribution is 14.1. The zero-order chi connectivity index (χ0) is 31.7. The molecule has 0 spiro atoms. The molecule has 1 aromatic heterocycles. The van der Waals surface area contributed by atoms with Gasteiger partial charge in [-0.1, -0.05) is 52.2 Å². The van der Waals surface area contributed by atoms with E-state index in [0.29, 0.717) is 58.5 Å². The van der Waals surface area contributed by atoms with E-state index in [1.807, 2.05) is 6.07 Å². The van der Waals surface area contributed by atoms with E-state index in [-0.39, 0.29) is 17.7 Å². The first-order valence-corrected chi connectivity index (χ1v) is 16.0. The second-order valence-corrected chi connectivity index (χ2v) is 13.0. The lowest BCUT2D eigenvalue weighted by Crippen LogP contribution is -2.40. The molecule has 1 atom stereocenters.